The fourth-order valence-corrected chi connectivity index (χ4v) is 5.35. The molecule has 0 spiro atoms. The van der Waals surface area contributed by atoms with E-state index in [1.807, 2.05) is 0 Å². The molecular formula is C17H35NO2S. The van der Waals surface area contributed by atoms with E-state index in [1.165, 1.54) is 32.1 Å². The lowest BCUT2D eigenvalue weighted by atomic mass is 9.81. The van der Waals surface area contributed by atoms with Crippen LogP contribution in [0.25, 0.3) is 0 Å². The van der Waals surface area contributed by atoms with Crippen LogP contribution in [-0.2, 0) is 9.84 Å². The summed E-state index contributed by atoms with van der Waals surface area (Å²) in [5, 5.41) is 3.54. The lowest BCUT2D eigenvalue weighted by Gasteiger charge is -2.28. The molecule has 3 atom stereocenters. The second-order valence-corrected chi connectivity index (χ2v) is 9.37. The summed E-state index contributed by atoms with van der Waals surface area (Å²) >= 11 is 0. The molecule has 0 bridgehead atoms. The number of rotatable bonds is 10. The smallest absolute Gasteiger partial charge is 0.150 e. The van der Waals surface area contributed by atoms with Crippen molar-refractivity contribution in [2.45, 2.75) is 72.3 Å². The van der Waals surface area contributed by atoms with Crippen LogP contribution in [0.3, 0.4) is 0 Å². The molecule has 0 amide bonds. The van der Waals surface area contributed by atoms with E-state index in [9.17, 15) is 8.42 Å². The third kappa shape index (κ3) is 7.14. The summed E-state index contributed by atoms with van der Waals surface area (Å²) in [6.45, 7) is 9.82. The summed E-state index contributed by atoms with van der Waals surface area (Å²) in [7, 11) is -2.77. The molecule has 0 radical (unpaired) electrons. The fraction of sp³-hybridized carbons (Fsp3) is 1.00. The molecule has 1 fully saturated rings. The Bertz CT molecular complexity index is 378. The van der Waals surface area contributed by atoms with Crippen molar-refractivity contribution in [3.8, 4) is 0 Å². The number of hydrogen-bond acceptors (Lipinski definition) is 3. The highest BCUT2D eigenvalue weighted by Gasteiger charge is 2.34. The van der Waals surface area contributed by atoms with Gasteiger partial charge in [-0.25, -0.2) is 8.42 Å². The first-order valence-electron chi connectivity index (χ1n) is 8.81. The van der Waals surface area contributed by atoms with Crippen molar-refractivity contribution in [1.82, 2.24) is 5.32 Å². The monoisotopic (exact) mass is 317 g/mol. The van der Waals surface area contributed by atoms with Crippen molar-refractivity contribution in [3.63, 3.8) is 0 Å². The first-order valence-corrected chi connectivity index (χ1v) is 10.6. The Morgan fingerprint density at radius 1 is 1.24 bits per heavy atom. The number of unbranched alkanes of at least 4 members (excludes halogenated alkanes) is 1. The van der Waals surface area contributed by atoms with Crippen LogP contribution in [0.5, 0.6) is 0 Å². The number of nitrogens with one attached hydrogen (secondary N) is 1. The molecule has 1 rings (SSSR count). The predicted octanol–water partition coefficient (Wildman–Crippen LogP) is 3.64. The van der Waals surface area contributed by atoms with E-state index in [0.29, 0.717) is 29.4 Å². The van der Waals surface area contributed by atoms with Crippen LogP contribution >= 0.6 is 0 Å². The zero-order valence-electron chi connectivity index (χ0n) is 14.4. The van der Waals surface area contributed by atoms with Gasteiger partial charge in [0.2, 0.25) is 0 Å². The first-order chi connectivity index (χ1) is 9.88. The maximum Gasteiger partial charge on any atom is 0.150 e. The summed E-state index contributed by atoms with van der Waals surface area (Å²) in [6, 6.07) is 0.473. The van der Waals surface area contributed by atoms with Gasteiger partial charge in [0.05, 0.1) is 11.5 Å². The third-order valence-corrected chi connectivity index (χ3v) is 6.70. The van der Waals surface area contributed by atoms with Crippen molar-refractivity contribution < 1.29 is 8.42 Å². The molecule has 126 valence electrons. The van der Waals surface area contributed by atoms with Crippen LogP contribution in [0.2, 0.25) is 0 Å². The maximum absolute atomic E-state index is 11.8. The lowest BCUT2D eigenvalue weighted by Crippen LogP contribution is -2.34. The summed E-state index contributed by atoms with van der Waals surface area (Å²) < 4.78 is 23.6. The van der Waals surface area contributed by atoms with Crippen LogP contribution < -0.4 is 5.32 Å². The Labute approximate surface area is 132 Å². The van der Waals surface area contributed by atoms with Gasteiger partial charge in [-0.3, -0.25) is 0 Å². The van der Waals surface area contributed by atoms with Gasteiger partial charge in [-0.15, -0.1) is 0 Å². The van der Waals surface area contributed by atoms with Crippen LogP contribution in [0, 0.1) is 17.8 Å². The second-order valence-electron chi connectivity index (χ2n) is 7.14. The van der Waals surface area contributed by atoms with Crippen molar-refractivity contribution >= 4 is 9.84 Å². The third-order valence-electron chi connectivity index (χ3n) is 4.90. The minimum absolute atomic E-state index is 0.372. The van der Waals surface area contributed by atoms with Crippen LogP contribution in [0.1, 0.15) is 66.2 Å². The minimum Gasteiger partial charge on any atom is -0.314 e. The first kappa shape index (κ1) is 19.0. The average molecular weight is 318 g/mol. The Kier molecular flexibility index (Phi) is 8.25. The zero-order chi connectivity index (χ0) is 15.9. The van der Waals surface area contributed by atoms with E-state index in [1.54, 1.807) is 0 Å². The minimum atomic E-state index is -2.77. The van der Waals surface area contributed by atoms with E-state index in [2.05, 4.69) is 33.0 Å². The van der Waals surface area contributed by atoms with E-state index >= 15 is 0 Å². The largest absolute Gasteiger partial charge is 0.314 e. The van der Waals surface area contributed by atoms with Crippen molar-refractivity contribution in [1.29, 1.82) is 0 Å². The second kappa shape index (κ2) is 9.14. The summed E-state index contributed by atoms with van der Waals surface area (Å²) in [5.74, 6) is 2.47. The van der Waals surface area contributed by atoms with E-state index < -0.39 is 9.84 Å². The zero-order valence-corrected chi connectivity index (χ0v) is 15.2. The molecule has 0 saturated carbocycles. The quantitative estimate of drug-likeness (QED) is 0.669. The molecule has 1 aliphatic rings. The lowest BCUT2D eigenvalue weighted by molar-refractivity contribution is 0.255. The van der Waals surface area contributed by atoms with Gasteiger partial charge in [-0.2, -0.15) is 0 Å². The molecule has 0 aromatic heterocycles. The highest BCUT2D eigenvalue weighted by atomic mass is 32.2. The Balaban J connectivity index is 2.63. The van der Waals surface area contributed by atoms with Crippen LogP contribution in [0.15, 0.2) is 0 Å². The topological polar surface area (TPSA) is 46.2 Å². The highest BCUT2D eigenvalue weighted by Crippen LogP contribution is 2.32. The number of sulfone groups is 1. The summed E-state index contributed by atoms with van der Waals surface area (Å²) in [5.41, 5.74) is 0. The molecule has 3 unspecified atom stereocenters. The van der Waals surface area contributed by atoms with Crippen molar-refractivity contribution in [2.24, 2.45) is 17.8 Å². The van der Waals surface area contributed by atoms with Crippen molar-refractivity contribution in [2.75, 3.05) is 18.1 Å². The molecule has 1 N–H and O–H groups in total. The molecule has 21 heavy (non-hydrogen) atoms. The molecule has 1 heterocycles. The van der Waals surface area contributed by atoms with Gasteiger partial charge in [0.25, 0.3) is 0 Å². The summed E-state index contributed by atoms with van der Waals surface area (Å²) in [4.78, 5) is 0. The molecule has 0 aromatic rings. The number of hydrogen-bond donors (Lipinski definition) is 1. The standard InChI is InChI=1S/C17H35NO2S/c1-5-7-8-15(6-2)11-17(12-18-14(3)4)16-9-10-21(19,20)13-16/h14-18H,5-13H2,1-4H3. The van der Waals surface area contributed by atoms with Gasteiger partial charge in [-0.05, 0) is 37.1 Å². The maximum atomic E-state index is 11.8. The van der Waals surface area contributed by atoms with Gasteiger partial charge in [0.15, 0.2) is 9.84 Å². The molecular weight excluding hydrogens is 282 g/mol. The molecule has 3 nitrogen and oxygen atoms in total. The molecule has 0 aliphatic carbocycles. The van der Waals surface area contributed by atoms with Crippen LogP contribution in [-0.4, -0.2) is 32.5 Å². The van der Waals surface area contributed by atoms with Gasteiger partial charge in [0, 0.05) is 6.04 Å². The van der Waals surface area contributed by atoms with E-state index in [-0.39, 0.29) is 0 Å². The molecule has 0 aromatic carbocycles. The van der Waals surface area contributed by atoms with Crippen molar-refractivity contribution in [3.05, 3.63) is 0 Å². The molecule has 4 heteroatoms. The van der Waals surface area contributed by atoms with Gasteiger partial charge in [0.1, 0.15) is 0 Å². The normalized spacial score (nSPS) is 24.3. The van der Waals surface area contributed by atoms with E-state index in [0.717, 1.165) is 18.9 Å². The van der Waals surface area contributed by atoms with E-state index in [4.69, 9.17) is 0 Å². The average Bonchev–Trinajstić information content (AvgIpc) is 2.78. The van der Waals surface area contributed by atoms with Gasteiger partial charge in [-0.1, -0.05) is 53.4 Å². The van der Waals surface area contributed by atoms with Gasteiger partial charge < -0.3 is 5.32 Å². The fourth-order valence-electron chi connectivity index (χ4n) is 3.43. The molecule has 1 saturated heterocycles. The SMILES string of the molecule is CCCCC(CC)CC(CNC(C)C)C1CCS(=O)(=O)C1. The van der Waals surface area contributed by atoms with Crippen LogP contribution in [0.4, 0.5) is 0 Å². The summed E-state index contributed by atoms with van der Waals surface area (Å²) in [6.07, 6.45) is 7.13. The predicted molar refractivity (Wildman–Crippen MR) is 91.3 cm³/mol. The Morgan fingerprint density at radius 3 is 2.43 bits per heavy atom. The highest BCUT2D eigenvalue weighted by molar-refractivity contribution is 7.91. The van der Waals surface area contributed by atoms with Gasteiger partial charge >= 0.3 is 0 Å². The molecule has 1 aliphatic heterocycles. The Morgan fingerprint density at radius 2 is 1.95 bits per heavy atom. The Hall–Kier alpha value is -0.0900.